The monoisotopic (exact) mass is 283 g/mol. The van der Waals surface area contributed by atoms with Crippen LogP contribution in [0.25, 0.3) is 5.69 Å². The number of hydrogen-bond acceptors (Lipinski definition) is 2. The molecule has 3 nitrogen and oxygen atoms in total. The largest absolute Gasteiger partial charge is 0.323 e. The molecule has 0 aliphatic rings. The van der Waals surface area contributed by atoms with Gasteiger partial charge in [-0.3, -0.25) is 0 Å². The van der Waals surface area contributed by atoms with Crippen LogP contribution in [0.15, 0.2) is 35.2 Å². The Morgan fingerprint density at radius 1 is 1.50 bits per heavy atom. The van der Waals surface area contributed by atoms with E-state index in [9.17, 15) is 4.39 Å². The maximum atomic E-state index is 13.2. The quantitative estimate of drug-likeness (QED) is 0.921. The Morgan fingerprint density at radius 3 is 2.94 bits per heavy atom. The Bertz CT molecular complexity index is 508. The molecule has 1 atom stereocenters. The summed E-state index contributed by atoms with van der Waals surface area (Å²) < 4.78 is 15.8. The lowest BCUT2D eigenvalue weighted by molar-refractivity contribution is 0.625. The minimum Gasteiger partial charge on any atom is -0.323 e. The second-order valence-electron chi connectivity index (χ2n) is 3.57. The minimum atomic E-state index is -0.289. The Morgan fingerprint density at radius 2 is 2.25 bits per heavy atom. The fourth-order valence-corrected chi connectivity index (χ4v) is 1.95. The summed E-state index contributed by atoms with van der Waals surface area (Å²) in [7, 11) is 0. The van der Waals surface area contributed by atoms with Gasteiger partial charge in [-0.15, -0.1) is 0 Å². The smallest absolute Gasteiger partial charge is 0.125 e. The topological polar surface area (TPSA) is 43.8 Å². The third-order valence-corrected chi connectivity index (χ3v) is 2.97. The first kappa shape index (κ1) is 11.3. The van der Waals surface area contributed by atoms with Crippen molar-refractivity contribution in [2.24, 2.45) is 5.73 Å². The predicted octanol–water partition coefficient (Wildman–Crippen LogP) is 2.79. The van der Waals surface area contributed by atoms with Crippen molar-refractivity contribution in [1.82, 2.24) is 9.55 Å². The number of imidazole rings is 1. The molecule has 0 saturated heterocycles. The molecule has 0 aliphatic heterocycles. The molecule has 2 aromatic rings. The van der Waals surface area contributed by atoms with Gasteiger partial charge < -0.3 is 10.3 Å². The summed E-state index contributed by atoms with van der Waals surface area (Å²) in [6.45, 7) is 1.86. The molecule has 0 fully saturated rings. The van der Waals surface area contributed by atoms with Gasteiger partial charge >= 0.3 is 0 Å². The van der Waals surface area contributed by atoms with Crippen LogP contribution in [0.4, 0.5) is 4.39 Å². The zero-order chi connectivity index (χ0) is 11.7. The van der Waals surface area contributed by atoms with Crippen LogP contribution in [0, 0.1) is 5.82 Å². The highest BCUT2D eigenvalue weighted by Crippen LogP contribution is 2.24. The molecular formula is C11H11BrFN3. The van der Waals surface area contributed by atoms with Gasteiger partial charge in [0, 0.05) is 10.5 Å². The minimum absolute atomic E-state index is 0.155. The lowest BCUT2D eigenvalue weighted by Crippen LogP contribution is -2.11. The standard InChI is InChI=1S/C11H11BrFN3/c1-7(14)11-5-15-6-16(11)10-4-8(13)2-3-9(10)12/h2-7H,14H2,1H3/t7-/m1/s1. The van der Waals surface area contributed by atoms with E-state index in [1.165, 1.54) is 12.1 Å². The fourth-order valence-electron chi connectivity index (χ4n) is 1.51. The van der Waals surface area contributed by atoms with Crippen LogP contribution in [0.1, 0.15) is 18.7 Å². The number of aromatic nitrogens is 2. The van der Waals surface area contributed by atoms with Crippen LogP contribution in [-0.4, -0.2) is 9.55 Å². The summed E-state index contributed by atoms with van der Waals surface area (Å²) in [6, 6.07) is 4.35. The van der Waals surface area contributed by atoms with Gasteiger partial charge in [-0.2, -0.15) is 0 Å². The van der Waals surface area contributed by atoms with Crippen molar-refractivity contribution < 1.29 is 4.39 Å². The van der Waals surface area contributed by atoms with Crippen LogP contribution in [0.3, 0.4) is 0 Å². The van der Waals surface area contributed by atoms with E-state index in [1.807, 2.05) is 6.92 Å². The molecule has 0 radical (unpaired) electrons. The van der Waals surface area contributed by atoms with Crippen molar-refractivity contribution in [3.05, 3.63) is 46.7 Å². The number of benzene rings is 1. The van der Waals surface area contributed by atoms with Crippen molar-refractivity contribution in [3.63, 3.8) is 0 Å². The number of rotatable bonds is 2. The molecule has 1 heterocycles. The van der Waals surface area contributed by atoms with Crippen LogP contribution < -0.4 is 5.73 Å². The Labute approximate surface area is 101 Å². The third-order valence-electron chi connectivity index (χ3n) is 2.30. The Hall–Kier alpha value is -1.20. The Kier molecular flexibility index (Phi) is 3.07. The lowest BCUT2D eigenvalue weighted by Gasteiger charge is -2.12. The number of nitrogens with zero attached hydrogens (tertiary/aromatic N) is 2. The summed E-state index contributed by atoms with van der Waals surface area (Å²) in [5.41, 5.74) is 7.35. The van der Waals surface area contributed by atoms with E-state index >= 15 is 0 Å². The maximum Gasteiger partial charge on any atom is 0.125 e. The van der Waals surface area contributed by atoms with Gasteiger partial charge in [0.2, 0.25) is 0 Å². The van der Waals surface area contributed by atoms with E-state index in [1.54, 1.807) is 23.2 Å². The molecule has 0 amide bonds. The molecule has 1 aromatic heterocycles. The molecule has 2 N–H and O–H groups in total. The van der Waals surface area contributed by atoms with Gasteiger partial charge in [0.15, 0.2) is 0 Å². The highest BCUT2D eigenvalue weighted by Gasteiger charge is 2.11. The summed E-state index contributed by atoms with van der Waals surface area (Å²) >= 11 is 3.38. The molecule has 2 rings (SSSR count). The molecule has 0 saturated carbocycles. The van der Waals surface area contributed by atoms with Gasteiger partial charge in [0.05, 0.1) is 23.9 Å². The summed E-state index contributed by atoms with van der Waals surface area (Å²) in [5.74, 6) is -0.289. The first-order valence-electron chi connectivity index (χ1n) is 4.83. The Balaban J connectivity index is 2.58. The van der Waals surface area contributed by atoms with Crippen molar-refractivity contribution in [1.29, 1.82) is 0 Å². The first-order valence-corrected chi connectivity index (χ1v) is 5.62. The van der Waals surface area contributed by atoms with Crippen molar-refractivity contribution in [3.8, 4) is 5.69 Å². The molecule has 1 aromatic carbocycles. The van der Waals surface area contributed by atoms with Gasteiger partial charge in [-0.25, -0.2) is 9.37 Å². The average Bonchev–Trinajstić information content (AvgIpc) is 2.70. The molecule has 0 aliphatic carbocycles. The summed E-state index contributed by atoms with van der Waals surface area (Å²) in [6.07, 6.45) is 3.31. The van der Waals surface area contributed by atoms with E-state index in [0.29, 0.717) is 5.69 Å². The number of hydrogen-bond donors (Lipinski definition) is 1. The van der Waals surface area contributed by atoms with E-state index in [0.717, 1.165) is 10.2 Å². The fraction of sp³-hybridized carbons (Fsp3) is 0.182. The van der Waals surface area contributed by atoms with Crippen molar-refractivity contribution in [2.75, 3.05) is 0 Å². The second-order valence-corrected chi connectivity index (χ2v) is 4.43. The highest BCUT2D eigenvalue weighted by atomic mass is 79.9. The van der Waals surface area contributed by atoms with Crippen molar-refractivity contribution in [2.45, 2.75) is 13.0 Å². The second kappa shape index (κ2) is 4.35. The van der Waals surface area contributed by atoms with Gasteiger partial charge in [-0.05, 0) is 41.1 Å². The third kappa shape index (κ3) is 2.01. The predicted molar refractivity (Wildman–Crippen MR) is 63.8 cm³/mol. The maximum absolute atomic E-state index is 13.2. The van der Waals surface area contributed by atoms with Crippen LogP contribution in [0.2, 0.25) is 0 Å². The molecule has 84 valence electrons. The first-order chi connectivity index (χ1) is 7.59. The zero-order valence-electron chi connectivity index (χ0n) is 8.69. The number of nitrogens with two attached hydrogens (primary N) is 1. The zero-order valence-corrected chi connectivity index (χ0v) is 10.3. The van der Waals surface area contributed by atoms with Gasteiger partial charge in [0.25, 0.3) is 0 Å². The molecular weight excluding hydrogens is 273 g/mol. The summed E-state index contributed by atoms with van der Waals surface area (Å²) in [5, 5.41) is 0. The molecule has 5 heteroatoms. The molecule has 0 spiro atoms. The van der Waals surface area contributed by atoms with Gasteiger partial charge in [-0.1, -0.05) is 0 Å². The van der Waals surface area contributed by atoms with Crippen LogP contribution in [-0.2, 0) is 0 Å². The average molecular weight is 284 g/mol. The molecule has 0 unspecified atom stereocenters. The molecule has 16 heavy (non-hydrogen) atoms. The van der Waals surface area contributed by atoms with E-state index in [-0.39, 0.29) is 11.9 Å². The highest BCUT2D eigenvalue weighted by molar-refractivity contribution is 9.10. The van der Waals surface area contributed by atoms with Crippen LogP contribution in [0.5, 0.6) is 0 Å². The van der Waals surface area contributed by atoms with Crippen LogP contribution >= 0.6 is 15.9 Å². The summed E-state index contributed by atoms with van der Waals surface area (Å²) in [4.78, 5) is 4.03. The lowest BCUT2D eigenvalue weighted by atomic mass is 10.2. The SMILES string of the molecule is C[C@@H](N)c1cncn1-c1cc(F)ccc1Br. The molecule has 0 bridgehead atoms. The number of halogens is 2. The van der Waals surface area contributed by atoms with E-state index in [2.05, 4.69) is 20.9 Å². The van der Waals surface area contributed by atoms with Crippen molar-refractivity contribution >= 4 is 15.9 Å². The van der Waals surface area contributed by atoms with E-state index in [4.69, 9.17) is 5.73 Å². The normalized spacial score (nSPS) is 12.8. The van der Waals surface area contributed by atoms with Gasteiger partial charge in [0.1, 0.15) is 5.82 Å². The van der Waals surface area contributed by atoms with E-state index < -0.39 is 0 Å².